The van der Waals surface area contributed by atoms with Crippen LogP contribution in [0.25, 0.3) is 0 Å². The summed E-state index contributed by atoms with van der Waals surface area (Å²) in [7, 11) is 0. The van der Waals surface area contributed by atoms with Crippen molar-refractivity contribution in [1.29, 1.82) is 0 Å². The minimum Gasteiger partial charge on any atom is -0.460 e. The number of cyclic esters (lactones) is 1. The van der Waals surface area contributed by atoms with Gasteiger partial charge in [-0.05, 0) is 42.7 Å². The van der Waals surface area contributed by atoms with E-state index < -0.39 is 0 Å². The highest BCUT2D eigenvalue weighted by Gasteiger charge is 2.46. The molecule has 1 amide bonds. The molecular weight excluding hydrogens is 378 g/mol. The van der Waals surface area contributed by atoms with Crippen molar-refractivity contribution in [2.75, 3.05) is 0 Å². The molecule has 0 radical (unpaired) electrons. The van der Waals surface area contributed by atoms with Crippen molar-refractivity contribution in [1.82, 2.24) is 4.90 Å². The third kappa shape index (κ3) is 5.02. The lowest BCUT2D eigenvalue weighted by atomic mass is 9.92. The van der Waals surface area contributed by atoms with Crippen LogP contribution in [-0.4, -0.2) is 29.1 Å². The van der Waals surface area contributed by atoms with E-state index in [4.69, 9.17) is 9.47 Å². The summed E-state index contributed by atoms with van der Waals surface area (Å²) in [6.45, 7) is 2.57. The summed E-state index contributed by atoms with van der Waals surface area (Å²) in [6.07, 6.45) is 3.05. The van der Waals surface area contributed by atoms with E-state index in [1.54, 1.807) is 4.90 Å². The van der Waals surface area contributed by atoms with E-state index in [0.717, 1.165) is 36.8 Å². The first kappa shape index (κ1) is 20.5. The molecule has 1 saturated heterocycles. The molecular formula is C25H29NO4. The Kier molecular flexibility index (Phi) is 6.36. The van der Waals surface area contributed by atoms with E-state index in [1.807, 2.05) is 67.6 Å². The van der Waals surface area contributed by atoms with Crippen LogP contribution in [0.15, 0.2) is 60.7 Å². The molecule has 158 valence electrons. The number of ether oxygens (including phenoxy) is 2. The Morgan fingerprint density at radius 3 is 2.23 bits per heavy atom. The topological polar surface area (TPSA) is 55.8 Å². The smallest absolute Gasteiger partial charge is 0.410 e. The van der Waals surface area contributed by atoms with E-state index in [0.29, 0.717) is 12.5 Å². The summed E-state index contributed by atoms with van der Waals surface area (Å²) in [5.41, 5.74) is 1.99. The molecule has 0 aromatic heterocycles. The number of benzene rings is 2. The van der Waals surface area contributed by atoms with Crippen molar-refractivity contribution in [2.45, 2.75) is 57.9 Å². The lowest BCUT2D eigenvalue weighted by Gasteiger charge is -2.39. The van der Waals surface area contributed by atoms with Gasteiger partial charge in [-0.25, -0.2) is 4.79 Å². The summed E-state index contributed by atoms with van der Waals surface area (Å²) in [5, 5.41) is 0. The number of nitrogens with zero attached hydrogens (tertiary/aromatic N) is 1. The van der Waals surface area contributed by atoms with Gasteiger partial charge in [0.15, 0.2) is 0 Å². The fraction of sp³-hybridized carbons (Fsp3) is 0.440. The van der Waals surface area contributed by atoms with Crippen molar-refractivity contribution in [3.63, 3.8) is 0 Å². The highest BCUT2D eigenvalue weighted by atomic mass is 16.6. The minimum atomic E-state index is -0.353. The molecule has 1 heterocycles. The van der Waals surface area contributed by atoms with Crippen LogP contribution in [0.2, 0.25) is 0 Å². The average Bonchev–Trinajstić information content (AvgIpc) is 3.60. The third-order valence-electron chi connectivity index (χ3n) is 6.04. The molecule has 2 aromatic rings. The van der Waals surface area contributed by atoms with Crippen LogP contribution in [0.1, 0.15) is 43.7 Å². The number of carbonyl (C=O) groups excluding carboxylic acids is 2. The van der Waals surface area contributed by atoms with Crippen molar-refractivity contribution in [2.24, 2.45) is 11.8 Å². The highest BCUT2D eigenvalue weighted by Crippen LogP contribution is 2.41. The standard InChI is InChI=1S/C25H29NO4/c1-18-12-15-22(30-24(18)27)23(21-13-14-21)26(16-19-8-4-2-5-9-19)25(28)29-17-20-10-6-3-7-11-20/h2-11,18,21-23H,12-17H2,1H3/t18?,22-,23-/m0/s1. The number of hydrogen-bond donors (Lipinski definition) is 0. The van der Waals surface area contributed by atoms with Crippen LogP contribution in [0.5, 0.6) is 0 Å². The second kappa shape index (κ2) is 9.33. The van der Waals surface area contributed by atoms with E-state index in [9.17, 15) is 9.59 Å². The molecule has 0 bridgehead atoms. The molecule has 4 rings (SSSR count). The largest absolute Gasteiger partial charge is 0.460 e. The zero-order valence-electron chi connectivity index (χ0n) is 17.4. The van der Waals surface area contributed by atoms with Crippen LogP contribution in [0, 0.1) is 11.8 Å². The first-order valence-corrected chi connectivity index (χ1v) is 10.8. The van der Waals surface area contributed by atoms with Crippen molar-refractivity contribution in [3.05, 3.63) is 71.8 Å². The molecule has 2 aromatic carbocycles. The van der Waals surface area contributed by atoms with Gasteiger partial charge in [-0.15, -0.1) is 0 Å². The van der Waals surface area contributed by atoms with Crippen LogP contribution in [0.4, 0.5) is 4.79 Å². The number of amides is 1. The SMILES string of the molecule is CC1CC[C@@H]([C@H](C2CC2)N(Cc2ccccc2)C(=O)OCc2ccccc2)OC1=O. The Morgan fingerprint density at radius 1 is 1.00 bits per heavy atom. The van der Waals surface area contributed by atoms with Gasteiger partial charge in [0.05, 0.1) is 12.0 Å². The summed E-state index contributed by atoms with van der Waals surface area (Å²) in [4.78, 5) is 27.3. The monoisotopic (exact) mass is 407 g/mol. The van der Waals surface area contributed by atoms with Crippen LogP contribution in [-0.2, 0) is 27.4 Å². The van der Waals surface area contributed by atoms with Gasteiger partial charge in [-0.1, -0.05) is 67.6 Å². The Hall–Kier alpha value is -2.82. The molecule has 0 N–H and O–H groups in total. The minimum absolute atomic E-state index is 0.0753. The number of hydrogen-bond acceptors (Lipinski definition) is 4. The number of carbonyl (C=O) groups is 2. The Bertz CT molecular complexity index is 850. The molecule has 1 saturated carbocycles. The highest BCUT2D eigenvalue weighted by molar-refractivity contribution is 5.73. The van der Waals surface area contributed by atoms with Gasteiger partial charge in [0.25, 0.3) is 0 Å². The molecule has 1 unspecified atom stereocenters. The van der Waals surface area contributed by atoms with Crippen LogP contribution in [0.3, 0.4) is 0 Å². The lowest BCUT2D eigenvalue weighted by molar-refractivity contribution is -0.164. The predicted molar refractivity (Wildman–Crippen MR) is 113 cm³/mol. The summed E-state index contributed by atoms with van der Waals surface area (Å²) >= 11 is 0. The second-order valence-corrected chi connectivity index (χ2v) is 8.44. The molecule has 30 heavy (non-hydrogen) atoms. The van der Waals surface area contributed by atoms with Gasteiger partial charge >= 0.3 is 12.1 Å². The van der Waals surface area contributed by atoms with Crippen molar-refractivity contribution >= 4 is 12.1 Å². The van der Waals surface area contributed by atoms with Gasteiger partial charge in [0.1, 0.15) is 12.7 Å². The summed E-state index contributed by atoms with van der Waals surface area (Å²) < 4.78 is 11.5. The molecule has 0 spiro atoms. The maximum absolute atomic E-state index is 13.2. The molecule has 2 aliphatic rings. The number of rotatable bonds is 7. The number of esters is 1. The quantitative estimate of drug-likeness (QED) is 0.610. The van der Waals surface area contributed by atoms with E-state index in [-0.39, 0.29) is 36.7 Å². The van der Waals surface area contributed by atoms with E-state index >= 15 is 0 Å². The van der Waals surface area contributed by atoms with Gasteiger partial charge in [-0.3, -0.25) is 9.69 Å². The zero-order valence-corrected chi connectivity index (χ0v) is 17.4. The van der Waals surface area contributed by atoms with Gasteiger partial charge < -0.3 is 9.47 Å². The molecule has 5 heteroatoms. The summed E-state index contributed by atoms with van der Waals surface area (Å²) in [6, 6.07) is 19.5. The normalized spacial score (nSPS) is 22.1. The van der Waals surface area contributed by atoms with Gasteiger partial charge in [0, 0.05) is 6.54 Å². The van der Waals surface area contributed by atoms with Crippen molar-refractivity contribution in [3.8, 4) is 0 Å². The lowest BCUT2D eigenvalue weighted by Crippen LogP contribution is -2.51. The zero-order chi connectivity index (χ0) is 20.9. The van der Waals surface area contributed by atoms with Gasteiger partial charge in [0.2, 0.25) is 0 Å². The van der Waals surface area contributed by atoms with E-state index in [2.05, 4.69) is 0 Å². The Morgan fingerprint density at radius 2 is 1.63 bits per heavy atom. The molecule has 2 fully saturated rings. The summed E-state index contributed by atoms with van der Waals surface area (Å²) in [5.74, 6) is 0.118. The third-order valence-corrected chi connectivity index (χ3v) is 6.04. The molecule has 3 atom stereocenters. The molecule has 5 nitrogen and oxygen atoms in total. The van der Waals surface area contributed by atoms with Crippen LogP contribution >= 0.6 is 0 Å². The molecule has 1 aliphatic heterocycles. The van der Waals surface area contributed by atoms with E-state index in [1.165, 1.54) is 0 Å². The molecule has 1 aliphatic carbocycles. The fourth-order valence-corrected chi connectivity index (χ4v) is 4.17. The van der Waals surface area contributed by atoms with Crippen LogP contribution < -0.4 is 0 Å². The Balaban J connectivity index is 1.54. The van der Waals surface area contributed by atoms with Gasteiger partial charge in [-0.2, -0.15) is 0 Å². The Labute approximate surface area is 178 Å². The first-order valence-electron chi connectivity index (χ1n) is 10.8. The van der Waals surface area contributed by atoms with Crippen molar-refractivity contribution < 1.29 is 19.1 Å². The first-order chi connectivity index (χ1) is 14.6. The fourth-order valence-electron chi connectivity index (χ4n) is 4.17. The maximum Gasteiger partial charge on any atom is 0.410 e. The second-order valence-electron chi connectivity index (χ2n) is 8.44. The predicted octanol–water partition coefficient (Wildman–Crippen LogP) is 4.95. The average molecular weight is 408 g/mol. The maximum atomic E-state index is 13.2.